The van der Waals surface area contributed by atoms with Crippen molar-refractivity contribution in [1.82, 2.24) is 4.98 Å². The smallest absolute Gasteiger partial charge is 0.181 e. The van der Waals surface area contributed by atoms with Gasteiger partial charge in [0.2, 0.25) is 0 Å². The van der Waals surface area contributed by atoms with E-state index in [4.69, 9.17) is 11.6 Å². The molecule has 0 spiro atoms. The molecule has 21 heavy (non-hydrogen) atoms. The van der Waals surface area contributed by atoms with Gasteiger partial charge in [-0.25, -0.2) is 13.4 Å². The van der Waals surface area contributed by atoms with E-state index >= 15 is 0 Å². The number of hydrogen-bond donors (Lipinski definition) is 0. The number of nitrogens with zero attached hydrogens (tertiary/aromatic N) is 1. The van der Waals surface area contributed by atoms with Gasteiger partial charge in [0.25, 0.3) is 0 Å². The lowest BCUT2D eigenvalue weighted by molar-refractivity contribution is 0.597. The number of benzene rings is 1. The highest BCUT2D eigenvalue weighted by molar-refractivity contribution is 7.91. The first-order valence-electron chi connectivity index (χ1n) is 7.00. The van der Waals surface area contributed by atoms with Crippen molar-refractivity contribution in [2.45, 2.75) is 30.6 Å². The van der Waals surface area contributed by atoms with Crippen LogP contribution in [0.4, 0.5) is 0 Å². The topological polar surface area (TPSA) is 47.0 Å². The Balaban J connectivity index is 2.00. The number of sulfone groups is 1. The molecular weight excluding hydrogens is 306 g/mol. The molecule has 3 nitrogen and oxygen atoms in total. The second-order valence-corrected chi connectivity index (χ2v) is 7.92. The summed E-state index contributed by atoms with van der Waals surface area (Å²) in [6, 6.07) is 9.85. The van der Waals surface area contributed by atoms with Crippen molar-refractivity contribution in [3.8, 4) is 11.1 Å². The summed E-state index contributed by atoms with van der Waals surface area (Å²) >= 11 is 5.93. The summed E-state index contributed by atoms with van der Waals surface area (Å²) in [6.07, 6.45) is 4.14. The molecule has 3 rings (SSSR count). The van der Waals surface area contributed by atoms with E-state index in [9.17, 15) is 8.42 Å². The van der Waals surface area contributed by atoms with Gasteiger partial charge in [-0.3, -0.25) is 0 Å². The van der Waals surface area contributed by atoms with Crippen LogP contribution in [0.1, 0.15) is 31.2 Å². The molecule has 110 valence electrons. The first-order valence-corrected chi connectivity index (χ1v) is 9.03. The van der Waals surface area contributed by atoms with Crippen molar-refractivity contribution < 1.29 is 8.42 Å². The summed E-state index contributed by atoms with van der Waals surface area (Å²) in [5, 5.41) is 0.0372. The average molecular weight is 322 g/mol. The molecule has 0 unspecified atom stereocenters. The van der Waals surface area contributed by atoms with Crippen molar-refractivity contribution in [2.24, 2.45) is 0 Å². The minimum absolute atomic E-state index is 0.0124. The Hall–Kier alpha value is -1.39. The summed E-state index contributed by atoms with van der Waals surface area (Å²) in [4.78, 5) is 4.13. The van der Waals surface area contributed by atoms with Gasteiger partial charge in [-0.15, -0.1) is 0 Å². The van der Waals surface area contributed by atoms with Crippen LogP contribution in [0, 0.1) is 0 Å². The molecule has 1 aliphatic carbocycles. The Morgan fingerprint density at radius 2 is 1.86 bits per heavy atom. The van der Waals surface area contributed by atoms with Crippen LogP contribution in [-0.2, 0) is 9.84 Å². The average Bonchev–Trinajstić information content (AvgIpc) is 3.32. The zero-order chi connectivity index (χ0) is 15.0. The van der Waals surface area contributed by atoms with Crippen LogP contribution in [0.25, 0.3) is 11.1 Å². The van der Waals surface area contributed by atoms with Crippen LogP contribution < -0.4 is 0 Å². The highest BCUT2D eigenvalue weighted by Gasteiger charge is 2.23. The van der Waals surface area contributed by atoms with E-state index in [-0.39, 0.29) is 15.8 Å². The van der Waals surface area contributed by atoms with Crippen LogP contribution in [0.3, 0.4) is 0 Å². The van der Waals surface area contributed by atoms with Gasteiger partial charge in [-0.05, 0) is 36.0 Å². The number of pyridine rings is 1. The minimum atomic E-state index is -3.37. The summed E-state index contributed by atoms with van der Waals surface area (Å²) in [6.45, 7) is 1.60. The predicted molar refractivity (Wildman–Crippen MR) is 84.4 cm³/mol. The molecule has 1 fully saturated rings. The van der Waals surface area contributed by atoms with Crippen molar-refractivity contribution in [3.63, 3.8) is 0 Å². The molecule has 1 aromatic carbocycles. The molecule has 0 aliphatic heterocycles. The highest BCUT2D eigenvalue weighted by atomic mass is 35.5. The summed E-state index contributed by atoms with van der Waals surface area (Å²) in [5.41, 5.74) is 3.08. The first-order chi connectivity index (χ1) is 10.0. The van der Waals surface area contributed by atoms with Gasteiger partial charge in [-0.2, -0.15) is 0 Å². The lowest BCUT2D eigenvalue weighted by Gasteiger charge is -2.08. The minimum Gasteiger partial charge on any atom is -0.243 e. The number of halogens is 1. The molecule has 0 amide bonds. The Bertz CT molecular complexity index is 765. The maximum Gasteiger partial charge on any atom is 0.181 e. The molecule has 1 saturated carbocycles. The molecule has 1 aromatic heterocycles. The molecule has 0 radical (unpaired) electrons. The van der Waals surface area contributed by atoms with Crippen LogP contribution >= 0.6 is 11.6 Å². The van der Waals surface area contributed by atoms with E-state index in [1.165, 1.54) is 18.4 Å². The van der Waals surface area contributed by atoms with Crippen LogP contribution in [0.2, 0.25) is 5.15 Å². The highest BCUT2D eigenvalue weighted by Crippen LogP contribution is 2.40. The van der Waals surface area contributed by atoms with E-state index < -0.39 is 9.84 Å². The molecule has 1 heterocycles. The molecule has 0 bridgehead atoms. The van der Waals surface area contributed by atoms with E-state index in [0.29, 0.717) is 5.92 Å². The summed E-state index contributed by atoms with van der Waals surface area (Å²) < 4.78 is 24.1. The number of aromatic nitrogens is 1. The standard InChI is InChI=1S/C16H16ClNO2S/c1-2-21(19,20)15-9-14(10-18-16(15)17)13-7-5-12(6-8-13)11-3-4-11/h5-11H,2-4H2,1H3. The van der Waals surface area contributed by atoms with Gasteiger partial charge >= 0.3 is 0 Å². The predicted octanol–water partition coefficient (Wildman–Crippen LogP) is 4.07. The first kappa shape index (κ1) is 14.5. The molecular formula is C16H16ClNO2S. The maximum absolute atomic E-state index is 12.0. The third-order valence-corrected chi connectivity index (χ3v) is 5.97. The second-order valence-electron chi connectivity index (χ2n) is 5.31. The lowest BCUT2D eigenvalue weighted by atomic mass is 10.0. The molecule has 5 heteroatoms. The molecule has 0 atom stereocenters. The van der Waals surface area contributed by atoms with Gasteiger partial charge in [0, 0.05) is 11.8 Å². The Labute approximate surface area is 129 Å². The largest absolute Gasteiger partial charge is 0.243 e. The SMILES string of the molecule is CCS(=O)(=O)c1cc(-c2ccc(C3CC3)cc2)cnc1Cl. The van der Waals surface area contributed by atoms with Crippen molar-refractivity contribution >= 4 is 21.4 Å². The zero-order valence-corrected chi connectivity index (χ0v) is 13.3. The fourth-order valence-corrected chi connectivity index (χ4v) is 3.71. The second kappa shape index (κ2) is 5.43. The van der Waals surface area contributed by atoms with Gasteiger partial charge in [0.05, 0.1) is 5.75 Å². The molecule has 0 N–H and O–H groups in total. The summed E-state index contributed by atoms with van der Waals surface area (Å²) in [7, 11) is -3.37. The lowest BCUT2D eigenvalue weighted by Crippen LogP contribution is -2.05. The van der Waals surface area contributed by atoms with Gasteiger partial charge in [0.1, 0.15) is 10.0 Å². The third kappa shape index (κ3) is 2.97. The van der Waals surface area contributed by atoms with Crippen LogP contribution in [0.15, 0.2) is 41.4 Å². The molecule has 1 aliphatic rings. The Morgan fingerprint density at radius 1 is 1.19 bits per heavy atom. The zero-order valence-electron chi connectivity index (χ0n) is 11.7. The van der Waals surface area contributed by atoms with Crippen molar-refractivity contribution in [3.05, 3.63) is 47.2 Å². The van der Waals surface area contributed by atoms with Crippen molar-refractivity contribution in [2.75, 3.05) is 5.75 Å². The molecule has 2 aromatic rings. The maximum atomic E-state index is 12.0. The van der Waals surface area contributed by atoms with Gasteiger partial charge in [-0.1, -0.05) is 42.8 Å². The van der Waals surface area contributed by atoms with Crippen LogP contribution in [-0.4, -0.2) is 19.2 Å². The number of hydrogen-bond acceptors (Lipinski definition) is 3. The van der Waals surface area contributed by atoms with Crippen molar-refractivity contribution in [1.29, 1.82) is 0 Å². The van der Waals surface area contributed by atoms with E-state index in [0.717, 1.165) is 11.1 Å². The summed E-state index contributed by atoms with van der Waals surface area (Å²) in [5.74, 6) is 0.719. The van der Waals surface area contributed by atoms with Gasteiger partial charge in [0.15, 0.2) is 9.84 Å². The normalized spacial score (nSPS) is 15.1. The molecule has 0 saturated heterocycles. The van der Waals surface area contributed by atoms with E-state index in [2.05, 4.69) is 17.1 Å². The van der Waals surface area contributed by atoms with Crippen LogP contribution in [0.5, 0.6) is 0 Å². The van der Waals surface area contributed by atoms with E-state index in [1.54, 1.807) is 19.2 Å². The quantitative estimate of drug-likeness (QED) is 0.797. The third-order valence-electron chi connectivity index (χ3n) is 3.81. The number of rotatable bonds is 4. The van der Waals surface area contributed by atoms with Gasteiger partial charge < -0.3 is 0 Å². The Morgan fingerprint density at radius 3 is 2.43 bits per heavy atom. The Kier molecular flexibility index (Phi) is 3.76. The fourth-order valence-electron chi connectivity index (χ4n) is 2.32. The van der Waals surface area contributed by atoms with E-state index in [1.807, 2.05) is 12.1 Å². The fraction of sp³-hybridized carbons (Fsp3) is 0.312. The monoisotopic (exact) mass is 321 g/mol.